The Labute approximate surface area is 132 Å². The summed E-state index contributed by atoms with van der Waals surface area (Å²) in [5.74, 6) is -0.305. The molecule has 0 fully saturated rings. The van der Waals surface area contributed by atoms with Crippen molar-refractivity contribution in [2.24, 2.45) is 0 Å². The summed E-state index contributed by atoms with van der Waals surface area (Å²) in [6.07, 6.45) is -2.73. The first kappa shape index (κ1) is 17.4. The molecule has 0 aliphatic carbocycles. The van der Waals surface area contributed by atoms with Gasteiger partial charge in [-0.2, -0.15) is 13.2 Å². The van der Waals surface area contributed by atoms with Crippen molar-refractivity contribution in [2.75, 3.05) is 12.4 Å². The molecule has 1 unspecified atom stereocenters. The first-order chi connectivity index (χ1) is 10.7. The number of sulfone groups is 1. The van der Waals surface area contributed by atoms with Gasteiger partial charge in [-0.15, -0.1) is 0 Å². The standard InChI is InChI=1S/C15H15F3O4S/c1-11(15(16,17)18)22-12-5-4-10-23(19,20)14-7-3-2-6-13(14)21-9-8-12/h2-8,11H,9-10H2,1H3/b5-4-,12-8+. The topological polar surface area (TPSA) is 52.6 Å². The van der Waals surface area contributed by atoms with E-state index in [-0.39, 0.29) is 28.8 Å². The average Bonchev–Trinajstić information content (AvgIpc) is 2.45. The number of hydrogen-bond acceptors (Lipinski definition) is 4. The molecule has 0 saturated carbocycles. The second kappa shape index (κ2) is 6.66. The maximum Gasteiger partial charge on any atom is 0.425 e. The molecule has 126 valence electrons. The van der Waals surface area contributed by atoms with Crippen LogP contribution in [-0.4, -0.2) is 33.1 Å². The predicted octanol–water partition coefficient (Wildman–Crippen LogP) is 3.26. The monoisotopic (exact) mass is 348 g/mol. The van der Waals surface area contributed by atoms with Crippen molar-refractivity contribution in [1.29, 1.82) is 0 Å². The van der Waals surface area contributed by atoms with Crippen molar-refractivity contribution in [1.82, 2.24) is 0 Å². The number of alkyl halides is 3. The molecule has 1 aromatic carbocycles. The van der Waals surface area contributed by atoms with Gasteiger partial charge in [0, 0.05) is 0 Å². The Hall–Kier alpha value is -1.96. The van der Waals surface area contributed by atoms with Crippen molar-refractivity contribution in [3.05, 3.63) is 48.3 Å². The average molecular weight is 348 g/mol. The number of benzene rings is 1. The van der Waals surface area contributed by atoms with Crippen LogP contribution in [0.3, 0.4) is 0 Å². The summed E-state index contributed by atoms with van der Waals surface area (Å²) in [6, 6.07) is 6.10. The van der Waals surface area contributed by atoms with Gasteiger partial charge in [-0.3, -0.25) is 0 Å². The summed E-state index contributed by atoms with van der Waals surface area (Å²) < 4.78 is 72.3. The Morgan fingerprint density at radius 1 is 1.26 bits per heavy atom. The molecule has 8 heteroatoms. The second-order valence-electron chi connectivity index (χ2n) is 4.85. The van der Waals surface area contributed by atoms with E-state index in [1.165, 1.54) is 30.4 Å². The summed E-state index contributed by atoms with van der Waals surface area (Å²) in [4.78, 5) is 0.0473. The van der Waals surface area contributed by atoms with E-state index < -0.39 is 22.1 Å². The fourth-order valence-electron chi connectivity index (χ4n) is 1.85. The molecule has 1 aliphatic heterocycles. The number of fused-ring (bicyclic) bond motifs is 1. The van der Waals surface area contributed by atoms with Crippen LogP contribution in [0.4, 0.5) is 13.2 Å². The molecule has 1 atom stereocenters. The third kappa shape index (κ3) is 4.51. The number of rotatable bonds is 2. The maximum atomic E-state index is 12.5. The van der Waals surface area contributed by atoms with E-state index in [0.717, 1.165) is 6.92 Å². The van der Waals surface area contributed by atoms with Crippen molar-refractivity contribution < 1.29 is 31.1 Å². The third-order valence-corrected chi connectivity index (χ3v) is 4.72. The highest BCUT2D eigenvalue weighted by atomic mass is 32.2. The number of para-hydroxylation sites is 1. The van der Waals surface area contributed by atoms with Crippen LogP contribution >= 0.6 is 0 Å². The SMILES string of the molecule is CC(OC1=C/COc2ccccc2S(=O)(=O)C/C=C\1)C(F)(F)F. The maximum absolute atomic E-state index is 12.5. The van der Waals surface area contributed by atoms with E-state index in [2.05, 4.69) is 0 Å². The fourth-order valence-corrected chi connectivity index (χ4v) is 3.10. The summed E-state index contributed by atoms with van der Waals surface area (Å²) >= 11 is 0. The van der Waals surface area contributed by atoms with Gasteiger partial charge in [0.1, 0.15) is 23.0 Å². The predicted molar refractivity (Wildman–Crippen MR) is 77.8 cm³/mol. The molecule has 0 saturated heterocycles. The molecule has 1 aliphatic rings. The first-order valence-electron chi connectivity index (χ1n) is 6.75. The Bertz CT molecular complexity index is 720. The molecule has 0 amide bonds. The highest BCUT2D eigenvalue weighted by Gasteiger charge is 2.38. The lowest BCUT2D eigenvalue weighted by Gasteiger charge is -2.19. The molecule has 4 nitrogen and oxygen atoms in total. The van der Waals surface area contributed by atoms with Gasteiger partial charge in [0.2, 0.25) is 0 Å². The van der Waals surface area contributed by atoms with Gasteiger partial charge < -0.3 is 9.47 Å². The molecule has 0 N–H and O–H groups in total. The largest absolute Gasteiger partial charge is 0.488 e. The molecule has 0 radical (unpaired) electrons. The van der Waals surface area contributed by atoms with Gasteiger partial charge in [0.05, 0.1) is 5.75 Å². The number of hydrogen-bond donors (Lipinski definition) is 0. The quantitative estimate of drug-likeness (QED) is 0.823. The molecular formula is C15H15F3O4S. The third-order valence-electron chi connectivity index (χ3n) is 3.08. The van der Waals surface area contributed by atoms with Crippen LogP contribution in [0.1, 0.15) is 6.92 Å². The van der Waals surface area contributed by atoms with Crippen molar-refractivity contribution in [2.45, 2.75) is 24.1 Å². The molecule has 1 aromatic rings. The van der Waals surface area contributed by atoms with Gasteiger partial charge >= 0.3 is 6.18 Å². The van der Waals surface area contributed by atoms with Crippen molar-refractivity contribution in [3.63, 3.8) is 0 Å². The minimum absolute atomic E-state index is 0.0473. The summed E-state index contributed by atoms with van der Waals surface area (Å²) in [7, 11) is -3.64. The lowest BCUT2D eigenvalue weighted by atomic mass is 10.3. The first-order valence-corrected chi connectivity index (χ1v) is 8.40. The highest BCUT2D eigenvalue weighted by Crippen LogP contribution is 2.27. The van der Waals surface area contributed by atoms with Gasteiger partial charge in [-0.25, -0.2) is 8.42 Å². The normalized spacial score (nSPS) is 22.7. The molecule has 23 heavy (non-hydrogen) atoms. The second-order valence-corrected chi connectivity index (χ2v) is 6.85. The Balaban J connectivity index is 2.27. The molecule has 1 heterocycles. The van der Waals surface area contributed by atoms with Crippen LogP contribution in [0, 0.1) is 0 Å². The number of ether oxygens (including phenoxy) is 2. The summed E-state index contributed by atoms with van der Waals surface area (Å²) in [5, 5.41) is 0. The van der Waals surface area contributed by atoms with E-state index in [4.69, 9.17) is 9.47 Å². The van der Waals surface area contributed by atoms with Crippen LogP contribution < -0.4 is 4.74 Å². The van der Waals surface area contributed by atoms with Gasteiger partial charge in [0.25, 0.3) is 0 Å². The van der Waals surface area contributed by atoms with E-state index >= 15 is 0 Å². The summed E-state index contributed by atoms with van der Waals surface area (Å²) in [6.45, 7) is 0.761. The Morgan fingerprint density at radius 2 is 1.96 bits per heavy atom. The molecule has 0 bridgehead atoms. The zero-order chi connectivity index (χ0) is 17.1. The van der Waals surface area contributed by atoms with E-state index in [1.54, 1.807) is 12.1 Å². The van der Waals surface area contributed by atoms with Crippen molar-refractivity contribution >= 4 is 9.84 Å². The molecule has 0 aromatic heterocycles. The summed E-state index contributed by atoms with van der Waals surface area (Å²) in [5.41, 5.74) is 0. The molecule has 2 rings (SSSR count). The molecular weight excluding hydrogens is 333 g/mol. The Morgan fingerprint density at radius 3 is 2.65 bits per heavy atom. The highest BCUT2D eigenvalue weighted by molar-refractivity contribution is 7.91. The van der Waals surface area contributed by atoms with E-state index in [9.17, 15) is 21.6 Å². The van der Waals surface area contributed by atoms with Gasteiger partial charge in [-0.1, -0.05) is 18.2 Å². The zero-order valence-corrected chi connectivity index (χ0v) is 13.0. The van der Waals surface area contributed by atoms with E-state index in [0.29, 0.717) is 0 Å². The zero-order valence-electron chi connectivity index (χ0n) is 12.2. The molecule has 0 spiro atoms. The van der Waals surface area contributed by atoms with Crippen LogP contribution in [0.2, 0.25) is 0 Å². The van der Waals surface area contributed by atoms with Crippen LogP contribution in [0.5, 0.6) is 5.75 Å². The smallest absolute Gasteiger partial charge is 0.425 e. The van der Waals surface area contributed by atoms with E-state index in [1.807, 2.05) is 0 Å². The Kier molecular flexibility index (Phi) is 5.03. The minimum atomic E-state index is -4.51. The number of allylic oxidation sites excluding steroid dienone is 1. The van der Waals surface area contributed by atoms with Crippen LogP contribution in [-0.2, 0) is 14.6 Å². The lowest BCUT2D eigenvalue weighted by Crippen LogP contribution is -2.28. The van der Waals surface area contributed by atoms with Crippen molar-refractivity contribution in [3.8, 4) is 5.75 Å². The van der Waals surface area contributed by atoms with Gasteiger partial charge in [0.15, 0.2) is 15.9 Å². The van der Waals surface area contributed by atoms with Crippen LogP contribution in [0.15, 0.2) is 53.1 Å². The van der Waals surface area contributed by atoms with Gasteiger partial charge in [-0.05, 0) is 31.2 Å². The fraction of sp³-hybridized carbons (Fsp3) is 0.333. The minimum Gasteiger partial charge on any atom is -0.488 e. The van der Waals surface area contributed by atoms with Crippen LogP contribution in [0.25, 0.3) is 0 Å². The lowest BCUT2D eigenvalue weighted by molar-refractivity contribution is -0.202. The number of halogens is 3.